The van der Waals surface area contributed by atoms with E-state index in [1.54, 1.807) is 0 Å². The quantitative estimate of drug-likeness (QED) is 0.758. The molecule has 1 heterocycles. The van der Waals surface area contributed by atoms with E-state index in [2.05, 4.69) is 0 Å². The lowest BCUT2D eigenvalue weighted by Crippen LogP contribution is -2.63. The molecule has 0 spiro atoms. The summed E-state index contributed by atoms with van der Waals surface area (Å²) in [5, 5.41) is 0. The maximum atomic E-state index is 11.6. The van der Waals surface area contributed by atoms with Crippen LogP contribution in [0.2, 0.25) is 0 Å². The van der Waals surface area contributed by atoms with E-state index in [1.165, 1.54) is 10.6 Å². The van der Waals surface area contributed by atoms with Crippen LogP contribution in [0.1, 0.15) is 27.2 Å². The number of hydrogen-bond donors (Lipinski definition) is 1. The molecule has 1 aliphatic rings. The van der Waals surface area contributed by atoms with Gasteiger partial charge in [0.05, 0.1) is 11.8 Å². The molecule has 106 valence electrons. The first-order valence-corrected chi connectivity index (χ1v) is 7.99. The van der Waals surface area contributed by atoms with E-state index in [0.29, 0.717) is 26.1 Å². The monoisotopic (exact) mass is 277 g/mol. The third-order valence-electron chi connectivity index (χ3n) is 3.91. The second-order valence-electron chi connectivity index (χ2n) is 5.16. The lowest BCUT2D eigenvalue weighted by atomic mass is 9.94. The topological polar surface area (TPSA) is 83.7 Å². The summed E-state index contributed by atoms with van der Waals surface area (Å²) in [5.74, 6) is -0.356. The van der Waals surface area contributed by atoms with Crippen LogP contribution >= 0.6 is 0 Å². The van der Waals surface area contributed by atoms with Crippen molar-refractivity contribution in [2.75, 3.05) is 25.9 Å². The van der Waals surface area contributed by atoms with Gasteiger partial charge in [0.2, 0.25) is 15.9 Å². The van der Waals surface area contributed by atoms with Crippen molar-refractivity contribution in [3.05, 3.63) is 0 Å². The van der Waals surface area contributed by atoms with E-state index < -0.39 is 15.6 Å². The van der Waals surface area contributed by atoms with E-state index >= 15 is 0 Å². The molecule has 2 unspecified atom stereocenters. The molecule has 0 aromatic rings. The summed E-state index contributed by atoms with van der Waals surface area (Å²) in [6.07, 6.45) is 1.83. The third kappa shape index (κ3) is 2.84. The molecule has 6 nitrogen and oxygen atoms in total. The summed E-state index contributed by atoms with van der Waals surface area (Å²) in [4.78, 5) is 13.6. The van der Waals surface area contributed by atoms with Gasteiger partial charge in [-0.15, -0.1) is 0 Å². The molecule has 7 heteroatoms. The Morgan fingerprint density at radius 1 is 1.44 bits per heavy atom. The summed E-state index contributed by atoms with van der Waals surface area (Å²) in [5.41, 5.74) is 4.77. The van der Waals surface area contributed by atoms with Crippen molar-refractivity contribution in [1.29, 1.82) is 0 Å². The Balaban J connectivity index is 2.87. The zero-order valence-electron chi connectivity index (χ0n) is 11.5. The summed E-state index contributed by atoms with van der Waals surface area (Å²) in [6.45, 7) is 7.05. The Kier molecular flexibility index (Phi) is 4.40. The fourth-order valence-electron chi connectivity index (χ4n) is 2.44. The minimum Gasteiger partial charge on any atom is -0.368 e. The minimum atomic E-state index is -3.18. The van der Waals surface area contributed by atoms with Gasteiger partial charge < -0.3 is 5.73 Å². The number of sulfonamides is 1. The second kappa shape index (κ2) is 5.14. The molecule has 0 aromatic carbocycles. The van der Waals surface area contributed by atoms with Crippen LogP contribution in [0.5, 0.6) is 0 Å². The molecule has 18 heavy (non-hydrogen) atoms. The average Bonchev–Trinajstić information content (AvgIpc) is 2.25. The first-order chi connectivity index (χ1) is 8.13. The molecule has 0 radical (unpaired) electrons. The van der Waals surface area contributed by atoms with Crippen molar-refractivity contribution in [3.8, 4) is 0 Å². The molecule has 0 aromatic heterocycles. The van der Waals surface area contributed by atoms with Gasteiger partial charge in [-0.05, 0) is 20.3 Å². The fourth-order valence-corrected chi connectivity index (χ4v) is 3.57. The van der Waals surface area contributed by atoms with Crippen molar-refractivity contribution >= 4 is 15.9 Å². The Bertz CT molecular complexity index is 423. The van der Waals surface area contributed by atoms with Gasteiger partial charge in [0.25, 0.3) is 0 Å². The van der Waals surface area contributed by atoms with Crippen LogP contribution in [0.15, 0.2) is 0 Å². The highest BCUT2D eigenvalue weighted by atomic mass is 32.2. The highest BCUT2D eigenvalue weighted by molar-refractivity contribution is 7.88. The van der Waals surface area contributed by atoms with Crippen LogP contribution in [-0.4, -0.2) is 61.0 Å². The molecule has 0 saturated carbocycles. The molecule has 1 fully saturated rings. The van der Waals surface area contributed by atoms with Crippen LogP contribution in [0, 0.1) is 0 Å². The number of rotatable bonds is 4. The molecule has 1 amide bonds. The average molecular weight is 277 g/mol. The second-order valence-corrected chi connectivity index (χ2v) is 7.10. The van der Waals surface area contributed by atoms with E-state index in [1.807, 2.05) is 25.7 Å². The van der Waals surface area contributed by atoms with Gasteiger partial charge in [0.1, 0.15) is 0 Å². The normalized spacial score (nSPS) is 26.8. The molecular weight excluding hydrogens is 254 g/mol. The number of carbonyl (C=O) groups is 1. The smallest absolute Gasteiger partial charge is 0.237 e. The van der Waals surface area contributed by atoms with Crippen LogP contribution in [0.3, 0.4) is 0 Å². The molecule has 1 saturated heterocycles. The van der Waals surface area contributed by atoms with Crippen molar-refractivity contribution in [1.82, 2.24) is 9.21 Å². The Hall–Kier alpha value is -0.660. The maximum absolute atomic E-state index is 11.6. The van der Waals surface area contributed by atoms with Gasteiger partial charge in [0, 0.05) is 25.7 Å². The highest BCUT2D eigenvalue weighted by Crippen LogP contribution is 2.24. The molecule has 0 aliphatic carbocycles. The van der Waals surface area contributed by atoms with E-state index in [-0.39, 0.29) is 11.9 Å². The van der Waals surface area contributed by atoms with Crippen molar-refractivity contribution in [2.24, 2.45) is 5.73 Å². The van der Waals surface area contributed by atoms with Gasteiger partial charge in [-0.2, -0.15) is 4.31 Å². The lowest BCUT2D eigenvalue weighted by Gasteiger charge is -2.45. The molecule has 1 rings (SSSR count). The predicted molar refractivity (Wildman–Crippen MR) is 70.5 cm³/mol. The number of hydrogen-bond acceptors (Lipinski definition) is 4. The molecule has 0 bridgehead atoms. The van der Waals surface area contributed by atoms with Gasteiger partial charge in [0.15, 0.2) is 0 Å². The highest BCUT2D eigenvalue weighted by Gasteiger charge is 2.41. The van der Waals surface area contributed by atoms with Crippen LogP contribution in [0.25, 0.3) is 0 Å². The van der Waals surface area contributed by atoms with Crippen LogP contribution < -0.4 is 5.73 Å². The van der Waals surface area contributed by atoms with Crippen molar-refractivity contribution in [3.63, 3.8) is 0 Å². The zero-order chi connectivity index (χ0) is 14.1. The summed E-state index contributed by atoms with van der Waals surface area (Å²) >= 11 is 0. The van der Waals surface area contributed by atoms with Gasteiger partial charge in [-0.1, -0.05) is 6.92 Å². The fraction of sp³-hybridized carbons (Fsp3) is 0.909. The summed E-state index contributed by atoms with van der Waals surface area (Å²) < 4.78 is 24.6. The van der Waals surface area contributed by atoms with E-state index in [9.17, 15) is 13.2 Å². The SMILES string of the molecule is CCC(C)(C(N)=O)N1CCN(S(C)(=O)=O)C(C)C1. The first kappa shape index (κ1) is 15.4. The number of nitrogens with two attached hydrogens (primary N) is 1. The molecule has 2 N–H and O–H groups in total. The summed E-state index contributed by atoms with van der Waals surface area (Å²) in [7, 11) is -3.18. The van der Waals surface area contributed by atoms with Gasteiger partial charge in [-0.3, -0.25) is 9.69 Å². The number of carbonyl (C=O) groups excluding carboxylic acids is 1. The molecule has 1 aliphatic heterocycles. The summed E-state index contributed by atoms with van der Waals surface area (Å²) in [6, 6.07) is -0.140. The number of primary amides is 1. The third-order valence-corrected chi connectivity index (χ3v) is 5.30. The first-order valence-electron chi connectivity index (χ1n) is 6.14. The Morgan fingerprint density at radius 3 is 2.33 bits per heavy atom. The van der Waals surface area contributed by atoms with E-state index in [0.717, 1.165) is 0 Å². The standard InChI is InChI=1S/C11H23N3O3S/c1-5-11(3,10(12)15)13-6-7-14(9(2)8-13)18(4,16)17/h9H,5-8H2,1-4H3,(H2,12,15). The zero-order valence-corrected chi connectivity index (χ0v) is 12.3. The van der Waals surface area contributed by atoms with Crippen LogP contribution in [0.4, 0.5) is 0 Å². The predicted octanol–water partition coefficient (Wildman–Crippen LogP) is -0.394. The van der Waals surface area contributed by atoms with Crippen molar-refractivity contribution < 1.29 is 13.2 Å². The maximum Gasteiger partial charge on any atom is 0.237 e. The number of piperazine rings is 1. The Morgan fingerprint density at radius 2 is 2.00 bits per heavy atom. The van der Waals surface area contributed by atoms with Gasteiger partial charge in [-0.25, -0.2) is 8.42 Å². The van der Waals surface area contributed by atoms with Crippen molar-refractivity contribution in [2.45, 2.75) is 38.8 Å². The Labute approximate surface area is 109 Å². The molecular formula is C11H23N3O3S. The van der Waals surface area contributed by atoms with Gasteiger partial charge >= 0.3 is 0 Å². The minimum absolute atomic E-state index is 0.140. The number of nitrogens with zero attached hydrogens (tertiary/aromatic N) is 2. The lowest BCUT2D eigenvalue weighted by molar-refractivity contribution is -0.131. The van der Waals surface area contributed by atoms with E-state index in [4.69, 9.17) is 5.73 Å². The van der Waals surface area contributed by atoms with Crippen LogP contribution in [-0.2, 0) is 14.8 Å². The largest absolute Gasteiger partial charge is 0.368 e. The number of amides is 1. The molecule has 2 atom stereocenters.